The molecule has 6 heteroatoms. The highest BCUT2D eigenvalue weighted by Crippen LogP contribution is 2.34. The highest BCUT2D eigenvalue weighted by Gasteiger charge is 2.34. The van der Waals surface area contributed by atoms with E-state index in [9.17, 15) is 9.90 Å². The summed E-state index contributed by atoms with van der Waals surface area (Å²) in [5.41, 5.74) is 2.02. The molecule has 0 aromatic carbocycles. The molecule has 0 radical (unpaired) electrons. The van der Waals surface area contributed by atoms with Crippen molar-refractivity contribution in [2.75, 3.05) is 6.54 Å². The lowest BCUT2D eigenvalue weighted by molar-refractivity contribution is -0.144. The van der Waals surface area contributed by atoms with Crippen molar-refractivity contribution >= 4 is 17.3 Å². The van der Waals surface area contributed by atoms with Crippen molar-refractivity contribution in [3.8, 4) is 0 Å². The lowest BCUT2D eigenvalue weighted by atomic mass is 10.00. The van der Waals surface area contributed by atoms with E-state index < -0.39 is 12.0 Å². The van der Waals surface area contributed by atoms with Crippen LogP contribution in [0.2, 0.25) is 0 Å². The maximum absolute atomic E-state index is 11.7. The van der Waals surface area contributed by atoms with Gasteiger partial charge in [-0.25, -0.2) is 4.98 Å². The van der Waals surface area contributed by atoms with E-state index in [4.69, 9.17) is 0 Å². The fraction of sp³-hybridized carbons (Fsp3) is 0.467. The Labute approximate surface area is 127 Å². The first-order valence-electron chi connectivity index (χ1n) is 7.11. The van der Waals surface area contributed by atoms with E-state index in [2.05, 4.69) is 23.4 Å². The summed E-state index contributed by atoms with van der Waals surface area (Å²) in [6.45, 7) is 5.60. The summed E-state index contributed by atoms with van der Waals surface area (Å²) in [4.78, 5) is 19.2. The topological polar surface area (TPSA) is 58.4 Å². The Morgan fingerprint density at radius 2 is 2.38 bits per heavy atom. The average molecular weight is 305 g/mol. The Morgan fingerprint density at radius 1 is 1.57 bits per heavy atom. The van der Waals surface area contributed by atoms with E-state index in [1.165, 1.54) is 4.88 Å². The molecule has 3 heterocycles. The number of nitrogens with zero attached hydrogens (tertiary/aromatic N) is 3. The maximum Gasteiger partial charge on any atom is 0.325 e. The third-order valence-electron chi connectivity index (χ3n) is 3.97. The van der Waals surface area contributed by atoms with Gasteiger partial charge in [0.25, 0.3) is 0 Å². The van der Waals surface area contributed by atoms with Gasteiger partial charge in [0.1, 0.15) is 6.04 Å². The zero-order chi connectivity index (χ0) is 15.0. The lowest BCUT2D eigenvalue weighted by Gasteiger charge is -2.33. The van der Waals surface area contributed by atoms with Crippen molar-refractivity contribution in [1.82, 2.24) is 14.5 Å². The van der Waals surface area contributed by atoms with Gasteiger partial charge in [0, 0.05) is 30.2 Å². The molecule has 112 valence electrons. The number of aliphatic carboxylic acids is 1. The van der Waals surface area contributed by atoms with Crippen LogP contribution in [0.5, 0.6) is 0 Å². The molecule has 5 nitrogen and oxygen atoms in total. The highest BCUT2D eigenvalue weighted by molar-refractivity contribution is 7.10. The van der Waals surface area contributed by atoms with Gasteiger partial charge in [-0.2, -0.15) is 0 Å². The molecule has 0 bridgehead atoms. The number of carboxylic acid groups (broad SMARTS) is 1. The van der Waals surface area contributed by atoms with Gasteiger partial charge in [0.15, 0.2) is 0 Å². The zero-order valence-corrected chi connectivity index (χ0v) is 13.0. The van der Waals surface area contributed by atoms with Crippen molar-refractivity contribution in [2.45, 2.75) is 38.9 Å². The number of carbonyl (C=O) groups is 1. The monoisotopic (exact) mass is 305 g/mol. The molecule has 0 saturated heterocycles. The van der Waals surface area contributed by atoms with E-state index >= 15 is 0 Å². The van der Waals surface area contributed by atoms with E-state index in [-0.39, 0.29) is 0 Å². The number of fused-ring (bicyclic) bond motifs is 1. The van der Waals surface area contributed by atoms with E-state index in [1.54, 1.807) is 11.3 Å². The Bertz CT molecular complexity index is 647. The third-order valence-corrected chi connectivity index (χ3v) is 4.96. The summed E-state index contributed by atoms with van der Waals surface area (Å²) in [6.07, 6.45) is 4.57. The van der Waals surface area contributed by atoms with Crippen LogP contribution in [0.4, 0.5) is 0 Å². The van der Waals surface area contributed by atoms with Gasteiger partial charge in [-0.15, -0.1) is 11.3 Å². The number of carboxylic acids is 1. The molecule has 0 spiro atoms. The Kier molecular flexibility index (Phi) is 3.82. The molecule has 1 atom stereocenters. The molecular weight excluding hydrogens is 286 g/mol. The summed E-state index contributed by atoms with van der Waals surface area (Å²) in [5.74, 6) is -0.773. The fourth-order valence-corrected chi connectivity index (χ4v) is 3.86. The summed E-state index contributed by atoms with van der Waals surface area (Å²) >= 11 is 1.66. The van der Waals surface area contributed by atoms with E-state index in [0.29, 0.717) is 12.6 Å². The quantitative estimate of drug-likeness (QED) is 0.943. The van der Waals surface area contributed by atoms with Crippen LogP contribution in [-0.2, 0) is 17.8 Å². The van der Waals surface area contributed by atoms with Gasteiger partial charge in [0.05, 0.1) is 12.0 Å². The molecule has 2 aromatic heterocycles. The van der Waals surface area contributed by atoms with Crippen LogP contribution in [0.25, 0.3) is 0 Å². The van der Waals surface area contributed by atoms with Gasteiger partial charge in [-0.3, -0.25) is 9.69 Å². The molecule has 0 aliphatic carbocycles. The Hall–Kier alpha value is -1.66. The van der Waals surface area contributed by atoms with Gasteiger partial charge in [-0.1, -0.05) is 0 Å². The second kappa shape index (κ2) is 5.61. The lowest BCUT2D eigenvalue weighted by Crippen LogP contribution is -2.39. The molecule has 1 aliphatic heterocycles. The standard InChI is InChI=1S/C15H19N3O2S/c1-10(2)18-9-16-7-11(18)8-17-5-3-13-12(4-6-21-13)14(17)15(19)20/h4,6-7,9-10,14H,3,5,8H2,1-2H3,(H,19,20). The van der Waals surface area contributed by atoms with Crippen molar-refractivity contribution in [3.63, 3.8) is 0 Å². The minimum Gasteiger partial charge on any atom is -0.480 e. The fourth-order valence-electron chi connectivity index (χ4n) is 2.96. The second-order valence-electron chi connectivity index (χ2n) is 5.65. The second-order valence-corrected chi connectivity index (χ2v) is 6.65. The molecule has 0 amide bonds. The largest absolute Gasteiger partial charge is 0.480 e. The molecule has 1 aliphatic rings. The van der Waals surface area contributed by atoms with Crippen LogP contribution in [-0.4, -0.2) is 32.1 Å². The van der Waals surface area contributed by atoms with E-state index in [0.717, 1.165) is 24.2 Å². The van der Waals surface area contributed by atoms with Crippen LogP contribution in [0.15, 0.2) is 24.0 Å². The first-order valence-corrected chi connectivity index (χ1v) is 7.99. The van der Waals surface area contributed by atoms with Crippen molar-refractivity contribution in [1.29, 1.82) is 0 Å². The Balaban J connectivity index is 1.88. The number of thiophene rings is 1. The highest BCUT2D eigenvalue weighted by atomic mass is 32.1. The average Bonchev–Trinajstić information content (AvgIpc) is 3.05. The summed E-state index contributed by atoms with van der Waals surface area (Å²) in [6, 6.07) is 1.73. The number of imidazole rings is 1. The van der Waals surface area contributed by atoms with Gasteiger partial charge < -0.3 is 9.67 Å². The van der Waals surface area contributed by atoms with Crippen LogP contribution >= 0.6 is 11.3 Å². The number of aromatic nitrogens is 2. The predicted octanol–water partition coefficient (Wildman–Crippen LogP) is 2.71. The number of hydrogen-bond donors (Lipinski definition) is 1. The summed E-state index contributed by atoms with van der Waals surface area (Å²) in [7, 11) is 0. The van der Waals surface area contributed by atoms with Crippen LogP contribution < -0.4 is 0 Å². The maximum atomic E-state index is 11.7. The predicted molar refractivity (Wildman–Crippen MR) is 81.4 cm³/mol. The van der Waals surface area contributed by atoms with Gasteiger partial charge in [0.2, 0.25) is 0 Å². The van der Waals surface area contributed by atoms with Gasteiger partial charge >= 0.3 is 5.97 Å². The van der Waals surface area contributed by atoms with Crippen molar-refractivity contribution in [3.05, 3.63) is 40.1 Å². The molecule has 2 aromatic rings. The van der Waals surface area contributed by atoms with Crippen LogP contribution in [0.3, 0.4) is 0 Å². The molecule has 3 rings (SSSR count). The van der Waals surface area contributed by atoms with Crippen LogP contribution in [0, 0.1) is 0 Å². The molecule has 1 unspecified atom stereocenters. The summed E-state index contributed by atoms with van der Waals surface area (Å²) < 4.78 is 2.10. The smallest absolute Gasteiger partial charge is 0.325 e. The first kappa shape index (κ1) is 14.3. The van der Waals surface area contributed by atoms with Gasteiger partial charge in [-0.05, 0) is 37.3 Å². The Morgan fingerprint density at radius 3 is 3.10 bits per heavy atom. The van der Waals surface area contributed by atoms with Crippen molar-refractivity contribution < 1.29 is 9.90 Å². The molecule has 1 N–H and O–H groups in total. The third kappa shape index (κ3) is 2.61. The van der Waals surface area contributed by atoms with Crippen molar-refractivity contribution in [2.24, 2.45) is 0 Å². The molecule has 21 heavy (non-hydrogen) atoms. The summed E-state index contributed by atoms with van der Waals surface area (Å²) in [5, 5.41) is 11.6. The number of rotatable bonds is 4. The van der Waals surface area contributed by atoms with Crippen LogP contribution in [0.1, 0.15) is 42.1 Å². The minimum atomic E-state index is -0.773. The molecule has 0 saturated carbocycles. The normalized spacial score (nSPS) is 18.9. The molecule has 0 fully saturated rings. The van der Waals surface area contributed by atoms with E-state index in [1.807, 2.05) is 28.9 Å². The molecular formula is C15H19N3O2S. The minimum absolute atomic E-state index is 0.326. The number of hydrogen-bond acceptors (Lipinski definition) is 4. The zero-order valence-electron chi connectivity index (χ0n) is 12.2. The SMILES string of the molecule is CC(C)n1cncc1CN1CCc2sccc2C1C(=O)O. The first-order chi connectivity index (χ1) is 10.1.